The zero-order chi connectivity index (χ0) is 18.4. The van der Waals surface area contributed by atoms with Gasteiger partial charge in [-0.15, -0.1) is 0 Å². The molecule has 25 heavy (non-hydrogen) atoms. The molecule has 0 saturated heterocycles. The summed E-state index contributed by atoms with van der Waals surface area (Å²) < 4.78 is 10.5. The molecule has 0 atom stereocenters. The zero-order valence-corrected chi connectivity index (χ0v) is 15.2. The molecule has 132 valence electrons. The molecule has 1 N–H and O–H groups in total. The second kappa shape index (κ2) is 8.28. The molecule has 0 aliphatic rings. The molecular formula is C19H23N3O3. The lowest BCUT2D eigenvalue weighted by Crippen LogP contribution is -2.12. The van der Waals surface area contributed by atoms with Gasteiger partial charge in [0.25, 0.3) is 5.56 Å². The van der Waals surface area contributed by atoms with Gasteiger partial charge in [0, 0.05) is 24.4 Å². The van der Waals surface area contributed by atoms with Crippen LogP contribution in [-0.2, 0) is 6.42 Å². The Bertz CT molecular complexity index is 902. The number of benzene rings is 1. The molecule has 1 aromatic carbocycles. The molecule has 6 nitrogen and oxygen atoms in total. The molecule has 2 aromatic heterocycles. The van der Waals surface area contributed by atoms with Crippen molar-refractivity contribution in [3.05, 3.63) is 57.9 Å². The van der Waals surface area contributed by atoms with E-state index in [0.29, 0.717) is 34.6 Å². The van der Waals surface area contributed by atoms with E-state index in [9.17, 15) is 4.79 Å². The van der Waals surface area contributed by atoms with E-state index in [2.05, 4.69) is 15.0 Å². The molecule has 3 aromatic rings. The van der Waals surface area contributed by atoms with Gasteiger partial charge in [-0.1, -0.05) is 19.9 Å². The largest absolute Gasteiger partial charge is 0.493 e. The molecule has 2 heterocycles. The van der Waals surface area contributed by atoms with Gasteiger partial charge in [-0.05, 0) is 24.6 Å². The Kier molecular flexibility index (Phi) is 6.11. The lowest BCUT2D eigenvalue weighted by Gasteiger charge is -2.09. The van der Waals surface area contributed by atoms with E-state index in [1.165, 1.54) is 7.11 Å². The van der Waals surface area contributed by atoms with Crippen LogP contribution in [0, 0.1) is 6.92 Å². The first-order chi connectivity index (χ1) is 12.1. The smallest absolute Gasteiger partial charge is 0.258 e. The number of rotatable bonds is 4. The monoisotopic (exact) mass is 341 g/mol. The Morgan fingerprint density at radius 3 is 2.36 bits per heavy atom. The summed E-state index contributed by atoms with van der Waals surface area (Å²) in [6, 6.07) is 7.25. The minimum Gasteiger partial charge on any atom is -0.493 e. The highest BCUT2D eigenvalue weighted by Gasteiger charge is 2.11. The van der Waals surface area contributed by atoms with Gasteiger partial charge in [-0.2, -0.15) is 0 Å². The van der Waals surface area contributed by atoms with Crippen molar-refractivity contribution >= 4 is 10.9 Å². The van der Waals surface area contributed by atoms with E-state index < -0.39 is 0 Å². The lowest BCUT2D eigenvalue weighted by atomic mass is 10.1. The van der Waals surface area contributed by atoms with Crippen molar-refractivity contribution in [2.75, 3.05) is 14.2 Å². The van der Waals surface area contributed by atoms with E-state index in [1.54, 1.807) is 25.4 Å². The minimum atomic E-state index is -0.203. The zero-order valence-electron chi connectivity index (χ0n) is 15.2. The third-order valence-electron chi connectivity index (χ3n) is 3.60. The summed E-state index contributed by atoms with van der Waals surface area (Å²) in [5, 5.41) is 0.466. The predicted molar refractivity (Wildman–Crippen MR) is 98.6 cm³/mol. The highest BCUT2D eigenvalue weighted by atomic mass is 16.5. The van der Waals surface area contributed by atoms with Crippen LogP contribution in [0.25, 0.3) is 10.9 Å². The SMILES string of the molecule is CC.COc1cc2nc(Cc3ccc(C)nc3)[nH]c(=O)c2cc1OC. The molecular weight excluding hydrogens is 318 g/mol. The highest BCUT2D eigenvalue weighted by Crippen LogP contribution is 2.29. The molecule has 0 fully saturated rings. The van der Waals surface area contributed by atoms with Crippen LogP contribution in [0.4, 0.5) is 0 Å². The summed E-state index contributed by atoms with van der Waals surface area (Å²) in [5.74, 6) is 1.63. The number of methoxy groups -OCH3 is 2. The van der Waals surface area contributed by atoms with E-state index in [1.807, 2.05) is 32.9 Å². The first kappa shape index (κ1) is 18.4. The van der Waals surface area contributed by atoms with Gasteiger partial charge in [0.2, 0.25) is 0 Å². The van der Waals surface area contributed by atoms with Crippen LogP contribution >= 0.6 is 0 Å². The average Bonchev–Trinajstić information content (AvgIpc) is 2.64. The molecule has 0 bridgehead atoms. The third kappa shape index (κ3) is 4.15. The van der Waals surface area contributed by atoms with Gasteiger partial charge >= 0.3 is 0 Å². The van der Waals surface area contributed by atoms with E-state index in [4.69, 9.17) is 9.47 Å². The van der Waals surface area contributed by atoms with Crippen molar-refractivity contribution in [3.63, 3.8) is 0 Å². The predicted octanol–water partition coefficient (Wildman–Crippen LogP) is 3.26. The molecule has 3 rings (SSSR count). The number of pyridine rings is 1. The van der Waals surface area contributed by atoms with Gasteiger partial charge in [-0.3, -0.25) is 9.78 Å². The standard InChI is InChI=1S/C17H17N3O3.C2H6/c1-10-4-5-11(9-18-10)6-16-19-13-8-15(23-3)14(22-2)7-12(13)17(21)20-16;1-2/h4-5,7-9H,6H2,1-3H3,(H,19,20,21);1-2H3. The number of hydrogen-bond acceptors (Lipinski definition) is 5. The first-order valence-electron chi connectivity index (χ1n) is 8.17. The summed E-state index contributed by atoms with van der Waals surface area (Å²) in [5.41, 5.74) is 2.30. The summed E-state index contributed by atoms with van der Waals surface area (Å²) in [7, 11) is 3.08. The fraction of sp³-hybridized carbons (Fsp3) is 0.316. The van der Waals surface area contributed by atoms with Crippen LogP contribution in [-0.4, -0.2) is 29.2 Å². The number of fused-ring (bicyclic) bond motifs is 1. The maximum absolute atomic E-state index is 12.3. The van der Waals surface area contributed by atoms with E-state index >= 15 is 0 Å². The number of nitrogens with zero attached hydrogens (tertiary/aromatic N) is 2. The van der Waals surface area contributed by atoms with Crippen LogP contribution < -0.4 is 15.0 Å². The van der Waals surface area contributed by atoms with Crippen molar-refractivity contribution in [3.8, 4) is 11.5 Å². The minimum absolute atomic E-state index is 0.203. The van der Waals surface area contributed by atoms with E-state index in [-0.39, 0.29) is 5.56 Å². The molecule has 0 amide bonds. The third-order valence-corrected chi connectivity index (χ3v) is 3.60. The van der Waals surface area contributed by atoms with Crippen molar-refractivity contribution in [1.82, 2.24) is 15.0 Å². The molecule has 0 aliphatic heterocycles. The van der Waals surface area contributed by atoms with Crippen molar-refractivity contribution < 1.29 is 9.47 Å². The van der Waals surface area contributed by atoms with Crippen LogP contribution in [0.5, 0.6) is 11.5 Å². The van der Waals surface area contributed by atoms with Gasteiger partial charge in [0.1, 0.15) is 5.82 Å². The topological polar surface area (TPSA) is 77.1 Å². The second-order valence-corrected chi connectivity index (χ2v) is 5.22. The molecule has 0 spiro atoms. The number of aromatic amines is 1. The fourth-order valence-corrected chi connectivity index (χ4v) is 2.39. The van der Waals surface area contributed by atoms with Gasteiger partial charge in [-0.25, -0.2) is 4.98 Å². The Morgan fingerprint density at radius 1 is 1.08 bits per heavy atom. The summed E-state index contributed by atoms with van der Waals surface area (Å²) in [6.45, 7) is 5.93. The number of H-pyrrole nitrogens is 1. The Balaban J connectivity index is 0.00000109. The summed E-state index contributed by atoms with van der Waals surface area (Å²) in [6.07, 6.45) is 2.29. The highest BCUT2D eigenvalue weighted by molar-refractivity contribution is 5.81. The quantitative estimate of drug-likeness (QED) is 0.788. The normalized spacial score (nSPS) is 10.1. The van der Waals surface area contributed by atoms with Gasteiger partial charge in [0.05, 0.1) is 25.1 Å². The maximum Gasteiger partial charge on any atom is 0.258 e. The molecule has 6 heteroatoms. The molecule has 0 radical (unpaired) electrons. The van der Waals surface area contributed by atoms with E-state index in [0.717, 1.165) is 11.3 Å². The molecule has 0 aliphatic carbocycles. The van der Waals surface area contributed by atoms with Crippen LogP contribution in [0.2, 0.25) is 0 Å². The Morgan fingerprint density at radius 2 is 1.76 bits per heavy atom. The van der Waals surface area contributed by atoms with Crippen LogP contribution in [0.15, 0.2) is 35.3 Å². The van der Waals surface area contributed by atoms with Gasteiger partial charge in [0.15, 0.2) is 11.5 Å². The van der Waals surface area contributed by atoms with Crippen molar-refractivity contribution in [2.24, 2.45) is 0 Å². The summed E-state index contributed by atoms with van der Waals surface area (Å²) >= 11 is 0. The number of nitrogens with one attached hydrogen (secondary N) is 1. The number of aryl methyl sites for hydroxylation is 1. The average molecular weight is 341 g/mol. The Hall–Kier alpha value is -2.89. The van der Waals surface area contributed by atoms with Crippen molar-refractivity contribution in [1.29, 1.82) is 0 Å². The van der Waals surface area contributed by atoms with Crippen LogP contribution in [0.3, 0.4) is 0 Å². The number of aromatic nitrogens is 3. The first-order valence-corrected chi connectivity index (χ1v) is 8.17. The maximum atomic E-state index is 12.3. The Labute approximate surface area is 146 Å². The fourth-order valence-electron chi connectivity index (χ4n) is 2.39. The van der Waals surface area contributed by atoms with Crippen LogP contribution in [0.1, 0.15) is 30.9 Å². The summed E-state index contributed by atoms with van der Waals surface area (Å²) in [4.78, 5) is 23.9. The molecule has 0 unspecified atom stereocenters. The van der Waals surface area contributed by atoms with Gasteiger partial charge < -0.3 is 14.5 Å². The molecule has 0 saturated carbocycles. The lowest BCUT2D eigenvalue weighted by molar-refractivity contribution is 0.355. The van der Waals surface area contributed by atoms with Crippen molar-refractivity contribution in [2.45, 2.75) is 27.2 Å². The number of hydrogen-bond donors (Lipinski definition) is 1. The second-order valence-electron chi connectivity index (χ2n) is 5.22. The number of ether oxygens (including phenoxy) is 2.